The molecule has 0 saturated carbocycles. The van der Waals surface area contributed by atoms with Gasteiger partial charge in [0.2, 0.25) is 0 Å². The number of benzene rings is 3. The third kappa shape index (κ3) is 3.64. The van der Waals surface area contributed by atoms with Gasteiger partial charge in [-0.3, -0.25) is 4.79 Å². The highest BCUT2D eigenvalue weighted by atomic mass is 16.1. The van der Waals surface area contributed by atoms with Crippen molar-refractivity contribution in [2.45, 2.75) is 27.3 Å². The first-order valence-corrected chi connectivity index (χ1v) is 9.27. The van der Waals surface area contributed by atoms with Crippen LogP contribution in [0.4, 0.5) is 5.69 Å². The Kier molecular flexibility index (Phi) is 4.65. The molecule has 4 rings (SSSR count). The predicted molar refractivity (Wildman–Crippen MR) is 112 cm³/mol. The van der Waals surface area contributed by atoms with Gasteiger partial charge in [-0.2, -0.15) is 0 Å². The maximum Gasteiger partial charge on any atom is 0.255 e. The van der Waals surface area contributed by atoms with Crippen molar-refractivity contribution in [3.05, 3.63) is 88.5 Å². The summed E-state index contributed by atoms with van der Waals surface area (Å²) in [5.41, 5.74) is 7.63. The quantitative estimate of drug-likeness (QED) is 0.568. The van der Waals surface area contributed by atoms with E-state index in [1.807, 2.05) is 54.9 Å². The molecule has 0 unspecified atom stereocenters. The van der Waals surface area contributed by atoms with E-state index in [2.05, 4.69) is 40.8 Å². The van der Waals surface area contributed by atoms with Crippen molar-refractivity contribution in [3.63, 3.8) is 0 Å². The van der Waals surface area contributed by atoms with Crippen LogP contribution in [0, 0.1) is 20.8 Å². The maximum absolute atomic E-state index is 12.7. The van der Waals surface area contributed by atoms with Crippen LogP contribution in [0.2, 0.25) is 0 Å². The molecule has 0 aliphatic carbocycles. The summed E-state index contributed by atoms with van der Waals surface area (Å²) < 4.78 is 1.86. The highest BCUT2D eigenvalue weighted by Crippen LogP contribution is 2.19. The Bertz CT molecular complexity index is 1160. The molecule has 5 nitrogen and oxygen atoms in total. The van der Waals surface area contributed by atoms with Crippen LogP contribution in [-0.2, 0) is 6.54 Å². The Morgan fingerprint density at radius 1 is 0.964 bits per heavy atom. The molecule has 1 amide bonds. The van der Waals surface area contributed by atoms with Gasteiger partial charge in [0.25, 0.3) is 5.91 Å². The number of anilines is 1. The molecule has 0 atom stereocenters. The van der Waals surface area contributed by atoms with Crippen LogP contribution in [0.15, 0.2) is 60.7 Å². The third-order valence-electron chi connectivity index (χ3n) is 4.84. The van der Waals surface area contributed by atoms with Crippen LogP contribution in [0.3, 0.4) is 0 Å². The Hall–Kier alpha value is -3.47. The van der Waals surface area contributed by atoms with Crippen LogP contribution in [-0.4, -0.2) is 20.9 Å². The highest BCUT2D eigenvalue weighted by molar-refractivity contribution is 6.06. The molecule has 0 fully saturated rings. The Balaban J connectivity index is 1.58. The lowest BCUT2D eigenvalue weighted by Gasteiger charge is -2.08. The summed E-state index contributed by atoms with van der Waals surface area (Å²) >= 11 is 0. The van der Waals surface area contributed by atoms with Crippen molar-refractivity contribution in [1.82, 2.24) is 15.0 Å². The van der Waals surface area contributed by atoms with Crippen LogP contribution in [0.1, 0.15) is 32.6 Å². The average molecular weight is 370 g/mol. The van der Waals surface area contributed by atoms with Crippen molar-refractivity contribution in [3.8, 4) is 0 Å². The predicted octanol–water partition coefficient (Wildman–Crippen LogP) is 4.66. The number of aryl methyl sites for hydroxylation is 3. The fourth-order valence-corrected chi connectivity index (χ4v) is 3.43. The molecule has 4 aromatic rings. The molecule has 0 aliphatic rings. The Morgan fingerprint density at radius 3 is 2.46 bits per heavy atom. The van der Waals surface area contributed by atoms with Gasteiger partial charge in [-0.1, -0.05) is 35.5 Å². The zero-order valence-corrected chi connectivity index (χ0v) is 16.2. The second-order valence-electron chi connectivity index (χ2n) is 7.21. The van der Waals surface area contributed by atoms with E-state index in [0.717, 1.165) is 22.3 Å². The summed E-state index contributed by atoms with van der Waals surface area (Å²) in [6.07, 6.45) is 0. The van der Waals surface area contributed by atoms with Gasteiger partial charge in [0.05, 0.1) is 12.1 Å². The van der Waals surface area contributed by atoms with Crippen LogP contribution < -0.4 is 5.32 Å². The molecule has 0 saturated heterocycles. The van der Waals surface area contributed by atoms with E-state index in [1.165, 1.54) is 11.1 Å². The van der Waals surface area contributed by atoms with Crippen LogP contribution >= 0.6 is 0 Å². The van der Waals surface area contributed by atoms with Gasteiger partial charge in [0, 0.05) is 11.3 Å². The van der Waals surface area contributed by atoms with E-state index in [0.29, 0.717) is 17.6 Å². The van der Waals surface area contributed by atoms with Gasteiger partial charge in [0.1, 0.15) is 5.52 Å². The fraction of sp³-hybridized carbons (Fsp3) is 0.174. The number of amides is 1. The minimum absolute atomic E-state index is 0.152. The van der Waals surface area contributed by atoms with Gasteiger partial charge in [-0.25, -0.2) is 4.68 Å². The summed E-state index contributed by atoms with van der Waals surface area (Å²) in [7, 11) is 0. The van der Waals surface area contributed by atoms with Crippen molar-refractivity contribution < 1.29 is 4.79 Å². The first kappa shape index (κ1) is 17.9. The molecule has 28 heavy (non-hydrogen) atoms. The number of rotatable bonds is 4. The molecule has 0 bridgehead atoms. The molecule has 0 radical (unpaired) electrons. The third-order valence-corrected chi connectivity index (χ3v) is 4.84. The van der Waals surface area contributed by atoms with E-state index in [9.17, 15) is 4.79 Å². The summed E-state index contributed by atoms with van der Waals surface area (Å²) in [4.78, 5) is 12.7. The number of hydrogen-bond acceptors (Lipinski definition) is 3. The minimum Gasteiger partial charge on any atom is -0.322 e. The Morgan fingerprint density at radius 2 is 1.71 bits per heavy atom. The molecule has 0 aliphatic heterocycles. The normalized spacial score (nSPS) is 11.0. The largest absolute Gasteiger partial charge is 0.322 e. The fourth-order valence-electron chi connectivity index (χ4n) is 3.43. The number of nitrogens with one attached hydrogen (secondary N) is 1. The number of fused-ring (bicyclic) bond motifs is 1. The average Bonchev–Trinajstić information content (AvgIpc) is 3.05. The number of hydrogen-bond donors (Lipinski definition) is 1. The Labute approximate surface area is 164 Å². The van der Waals surface area contributed by atoms with Gasteiger partial charge in [-0.15, -0.1) is 5.10 Å². The second-order valence-corrected chi connectivity index (χ2v) is 7.21. The van der Waals surface area contributed by atoms with Crippen molar-refractivity contribution in [2.24, 2.45) is 0 Å². The molecule has 5 heteroatoms. The first-order valence-electron chi connectivity index (χ1n) is 9.27. The lowest BCUT2D eigenvalue weighted by atomic mass is 10.1. The number of nitrogens with zero attached hydrogens (tertiary/aromatic N) is 3. The molecule has 0 spiro atoms. The monoisotopic (exact) mass is 370 g/mol. The van der Waals surface area contributed by atoms with Gasteiger partial charge in [-0.05, 0) is 73.4 Å². The summed E-state index contributed by atoms with van der Waals surface area (Å²) in [6.45, 7) is 6.77. The standard InChI is InChI=1S/C23H22N4O/c1-15-10-16(2)12-20(11-15)24-23(28)18-8-9-22-21(13-18)25-26-27(22)14-19-7-5-4-6-17(19)3/h4-13H,14H2,1-3H3,(H,24,28). The molecule has 1 N–H and O–H groups in total. The minimum atomic E-state index is -0.152. The van der Waals surface area contributed by atoms with E-state index >= 15 is 0 Å². The molecular weight excluding hydrogens is 348 g/mol. The summed E-state index contributed by atoms with van der Waals surface area (Å²) in [6, 6.07) is 19.7. The van der Waals surface area contributed by atoms with Gasteiger partial charge in [0.15, 0.2) is 0 Å². The van der Waals surface area contributed by atoms with E-state index in [1.54, 1.807) is 6.07 Å². The van der Waals surface area contributed by atoms with Crippen LogP contribution in [0.5, 0.6) is 0 Å². The van der Waals surface area contributed by atoms with E-state index < -0.39 is 0 Å². The molecule has 1 aromatic heterocycles. The second kappa shape index (κ2) is 7.27. The van der Waals surface area contributed by atoms with Crippen molar-refractivity contribution >= 4 is 22.6 Å². The van der Waals surface area contributed by atoms with Crippen molar-refractivity contribution in [1.29, 1.82) is 0 Å². The topological polar surface area (TPSA) is 59.8 Å². The summed E-state index contributed by atoms with van der Waals surface area (Å²) in [5.74, 6) is -0.152. The lowest BCUT2D eigenvalue weighted by molar-refractivity contribution is 0.102. The molecule has 140 valence electrons. The maximum atomic E-state index is 12.7. The molecule has 1 heterocycles. The number of aromatic nitrogens is 3. The zero-order chi connectivity index (χ0) is 19.7. The summed E-state index contributed by atoms with van der Waals surface area (Å²) in [5, 5.41) is 11.5. The van der Waals surface area contributed by atoms with Crippen LogP contribution in [0.25, 0.3) is 11.0 Å². The van der Waals surface area contributed by atoms with Gasteiger partial charge >= 0.3 is 0 Å². The first-order chi connectivity index (χ1) is 13.5. The SMILES string of the molecule is Cc1cc(C)cc(NC(=O)c2ccc3c(c2)nnn3Cc2ccccc2C)c1. The number of carbonyl (C=O) groups is 1. The number of carbonyl (C=O) groups excluding carboxylic acids is 1. The lowest BCUT2D eigenvalue weighted by Crippen LogP contribution is -2.12. The zero-order valence-electron chi connectivity index (χ0n) is 16.2. The molecule has 3 aromatic carbocycles. The van der Waals surface area contributed by atoms with E-state index in [-0.39, 0.29) is 5.91 Å². The molecular formula is C23H22N4O. The highest BCUT2D eigenvalue weighted by Gasteiger charge is 2.12. The van der Waals surface area contributed by atoms with Crippen molar-refractivity contribution in [2.75, 3.05) is 5.32 Å². The van der Waals surface area contributed by atoms with E-state index in [4.69, 9.17) is 0 Å². The van der Waals surface area contributed by atoms with Gasteiger partial charge < -0.3 is 5.32 Å². The smallest absolute Gasteiger partial charge is 0.255 e.